The van der Waals surface area contributed by atoms with Crippen molar-refractivity contribution >= 4 is 27.9 Å². The number of fused-ring (bicyclic) bond motifs is 1. The van der Waals surface area contributed by atoms with E-state index in [4.69, 9.17) is 4.74 Å². The molecule has 4 aromatic rings. The lowest BCUT2D eigenvalue weighted by molar-refractivity contribution is -0.118. The van der Waals surface area contributed by atoms with Crippen LogP contribution >= 0.6 is 11.3 Å². The van der Waals surface area contributed by atoms with E-state index in [1.807, 2.05) is 63.2 Å². The first-order valence-corrected chi connectivity index (χ1v) is 9.60. The lowest BCUT2D eigenvalue weighted by Gasteiger charge is -2.09. The highest BCUT2D eigenvalue weighted by atomic mass is 32.1. The second-order valence-electron chi connectivity index (χ2n) is 6.51. The van der Waals surface area contributed by atoms with E-state index in [1.54, 1.807) is 4.52 Å². The average molecular weight is 393 g/mol. The predicted octanol–water partition coefficient (Wildman–Crippen LogP) is 3.80. The molecule has 0 aliphatic heterocycles. The van der Waals surface area contributed by atoms with Crippen molar-refractivity contribution in [1.29, 1.82) is 0 Å². The first kappa shape index (κ1) is 18.1. The van der Waals surface area contributed by atoms with Crippen molar-refractivity contribution in [3.8, 4) is 16.3 Å². The molecule has 0 fully saturated rings. The highest BCUT2D eigenvalue weighted by Gasteiger charge is 2.11. The van der Waals surface area contributed by atoms with Crippen molar-refractivity contribution in [2.24, 2.45) is 0 Å². The fourth-order valence-electron chi connectivity index (χ4n) is 2.71. The number of nitrogens with one attached hydrogen (secondary N) is 1. The zero-order valence-electron chi connectivity index (χ0n) is 15.8. The molecule has 0 saturated carbocycles. The SMILES string of the molecule is Cc1ccc(OCC(=O)Nc2cccc(-c3nn4c(C)nnc4s3)c2)cc1C. The molecule has 0 spiro atoms. The molecule has 28 heavy (non-hydrogen) atoms. The summed E-state index contributed by atoms with van der Waals surface area (Å²) in [6, 6.07) is 13.3. The topological polar surface area (TPSA) is 81.4 Å². The van der Waals surface area contributed by atoms with Gasteiger partial charge in [-0.1, -0.05) is 29.5 Å². The Morgan fingerprint density at radius 2 is 1.96 bits per heavy atom. The highest BCUT2D eigenvalue weighted by Crippen LogP contribution is 2.27. The molecule has 2 aromatic heterocycles. The van der Waals surface area contributed by atoms with Crippen LogP contribution in [0.5, 0.6) is 5.75 Å². The van der Waals surface area contributed by atoms with Gasteiger partial charge in [0.15, 0.2) is 12.4 Å². The zero-order valence-corrected chi connectivity index (χ0v) is 16.6. The third-order valence-electron chi connectivity index (χ3n) is 4.39. The number of hydrogen-bond acceptors (Lipinski definition) is 6. The summed E-state index contributed by atoms with van der Waals surface area (Å²) in [6.45, 7) is 5.86. The van der Waals surface area contributed by atoms with Gasteiger partial charge in [0.05, 0.1) is 0 Å². The molecule has 2 heterocycles. The van der Waals surface area contributed by atoms with Crippen molar-refractivity contribution in [2.75, 3.05) is 11.9 Å². The molecular weight excluding hydrogens is 374 g/mol. The minimum absolute atomic E-state index is 0.0529. The summed E-state index contributed by atoms with van der Waals surface area (Å²) >= 11 is 1.45. The normalized spacial score (nSPS) is 11.0. The maximum atomic E-state index is 12.3. The zero-order chi connectivity index (χ0) is 19.7. The fourth-order valence-corrected chi connectivity index (χ4v) is 3.59. The predicted molar refractivity (Wildman–Crippen MR) is 109 cm³/mol. The Kier molecular flexibility index (Phi) is 4.79. The van der Waals surface area contributed by atoms with Gasteiger partial charge in [0.2, 0.25) is 4.96 Å². The summed E-state index contributed by atoms with van der Waals surface area (Å²) < 4.78 is 7.30. The molecule has 1 N–H and O–H groups in total. The van der Waals surface area contributed by atoms with E-state index < -0.39 is 0 Å². The van der Waals surface area contributed by atoms with E-state index in [1.165, 1.54) is 16.9 Å². The Labute approximate surface area is 166 Å². The molecule has 0 aliphatic rings. The lowest BCUT2D eigenvalue weighted by atomic mass is 10.1. The number of anilines is 1. The number of nitrogens with zero attached hydrogens (tertiary/aromatic N) is 4. The van der Waals surface area contributed by atoms with Crippen LogP contribution in [0.1, 0.15) is 17.0 Å². The number of carbonyl (C=O) groups excluding carboxylic acids is 1. The summed E-state index contributed by atoms with van der Waals surface area (Å²) in [4.78, 5) is 13.0. The molecule has 0 aliphatic carbocycles. The molecule has 142 valence electrons. The first-order chi connectivity index (χ1) is 13.5. The number of hydrogen-bond donors (Lipinski definition) is 1. The third kappa shape index (κ3) is 3.72. The fraction of sp³-hybridized carbons (Fsp3) is 0.200. The molecule has 8 heteroatoms. The lowest BCUT2D eigenvalue weighted by Crippen LogP contribution is -2.20. The second kappa shape index (κ2) is 7.40. The number of benzene rings is 2. The Hall–Kier alpha value is -3.26. The van der Waals surface area contributed by atoms with Crippen LogP contribution in [-0.2, 0) is 4.79 Å². The Balaban J connectivity index is 1.43. The van der Waals surface area contributed by atoms with Crippen LogP contribution in [0.4, 0.5) is 5.69 Å². The van der Waals surface area contributed by atoms with E-state index in [-0.39, 0.29) is 12.5 Å². The summed E-state index contributed by atoms with van der Waals surface area (Å²) in [5.74, 6) is 1.21. The van der Waals surface area contributed by atoms with Crippen LogP contribution in [0.3, 0.4) is 0 Å². The monoisotopic (exact) mass is 393 g/mol. The van der Waals surface area contributed by atoms with Gasteiger partial charge >= 0.3 is 0 Å². The van der Waals surface area contributed by atoms with Crippen LogP contribution in [0.25, 0.3) is 15.5 Å². The smallest absolute Gasteiger partial charge is 0.262 e. The van der Waals surface area contributed by atoms with E-state index in [2.05, 4.69) is 20.6 Å². The molecular formula is C20H19N5O2S. The molecule has 0 atom stereocenters. The number of aryl methyl sites for hydroxylation is 3. The van der Waals surface area contributed by atoms with Gasteiger partial charge in [-0.2, -0.15) is 9.61 Å². The molecule has 0 radical (unpaired) electrons. The van der Waals surface area contributed by atoms with Crippen LogP contribution < -0.4 is 10.1 Å². The van der Waals surface area contributed by atoms with Gasteiger partial charge in [-0.3, -0.25) is 4.79 Å². The van der Waals surface area contributed by atoms with Crippen LogP contribution in [0.2, 0.25) is 0 Å². The number of aromatic nitrogens is 4. The van der Waals surface area contributed by atoms with Gasteiger partial charge in [0, 0.05) is 11.3 Å². The second-order valence-corrected chi connectivity index (χ2v) is 7.47. The Bertz CT molecular complexity index is 1160. The van der Waals surface area contributed by atoms with Gasteiger partial charge in [-0.05, 0) is 56.2 Å². The minimum Gasteiger partial charge on any atom is -0.484 e. The van der Waals surface area contributed by atoms with Gasteiger partial charge in [-0.25, -0.2) is 0 Å². The summed E-state index contributed by atoms with van der Waals surface area (Å²) in [7, 11) is 0. The number of ether oxygens (including phenoxy) is 1. The van der Waals surface area contributed by atoms with Crippen molar-refractivity contribution in [2.45, 2.75) is 20.8 Å². The number of carbonyl (C=O) groups is 1. The van der Waals surface area contributed by atoms with Crippen molar-refractivity contribution in [1.82, 2.24) is 19.8 Å². The third-order valence-corrected chi connectivity index (χ3v) is 5.34. The van der Waals surface area contributed by atoms with Crippen molar-refractivity contribution < 1.29 is 9.53 Å². The van der Waals surface area contributed by atoms with E-state index in [9.17, 15) is 4.79 Å². The molecule has 2 aromatic carbocycles. The minimum atomic E-state index is -0.218. The maximum absolute atomic E-state index is 12.3. The van der Waals surface area contributed by atoms with Crippen LogP contribution in [0.15, 0.2) is 42.5 Å². The standard InChI is InChI=1S/C20H19N5O2S/c1-12-7-8-17(9-13(12)2)27-11-18(26)21-16-6-4-5-15(10-16)19-24-25-14(3)22-23-20(25)28-19/h4-10H,11H2,1-3H3,(H,21,26). The van der Waals surface area contributed by atoms with E-state index in [0.717, 1.165) is 26.9 Å². The molecule has 1 amide bonds. The number of rotatable bonds is 5. The molecule has 0 bridgehead atoms. The summed E-state index contributed by atoms with van der Waals surface area (Å²) in [5.41, 5.74) is 3.91. The number of amides is 1. The van der Waals surface area contributed by atoms with E-state index >= 15 is 0 Å². The van der Waals surface area contributed by atoms with Crippen molar-refractivity contribution in [3.63, 3.8) is 0 Å². The largest absolute Gasteiger partial charge is 0.484 e. The first-order valence-electron chi connectivity index (χ1n) is 8.79. The Morgan fingerprint density at radius 3 is 2.75 bits per heavy atom. The van der Waals surface area contributed by atoms with Crippen LogP contribution in [0, 0.1) is 20.8 Å². The quantitative estimate of drug-likeness (QED) is 0.558. The van der Waals surface area contributed by atoms with Gasteiger partial charge in [0.25, 0.3) is 5.91 Å². The van der Waals surface area contributed by atoms with E-state index in [0.29, 0.717) is 11.4 Å². The molecule has 4 rings (SSSR count). The van der Waals surface area contributed by atoms with Gasteiger partial charge in [-0.15, -0.1) is 10.2 Å². The summed E-state index contributed by atoms with van der Waals surface area (Å²) in [6.07, 6.45) is 0. The highest BCUT2D eigenvalue weighted by molar-refractivity contribution is 7.19. The molecule has 0 saturated heterocycles. The average Bonchev–Trinajstić information content (AvgIpc) is 3.25. The molecule has 0 unspecified atom stereocenters. The van der Waals surface area contributed by atoms with Crippen molar-refractivity contribution in [3.05, 3.63) is 59.4 Å². The van der Waals surface area contributed by atoms with Gasteiger partial charge in [0.1, 0.15) is 10.8 Å². The van der Waals surface area contributed by atoms with Gasteiger partial charge < -0.3 is 10.1 Å². The molecule has 7 nitrogen and oxygen atoms in total. The van der Waals surface area contributed by atoms with Crippen LogP contribution in [-0.4, -0.2) is 32.3 Å². The maximum Gasteiger partial charge on any atom is 0.262 e. The Morgan fingerprint density at radius 1 is 1.11 bits per heavy atom. The summed E-state index contributed by atoms with van der Waals surface area (Å²) in [5, 5.41) is 16.3.